The van der Waals surface area contributed by atoms with E-state index in [1.807, 2.05) is 0 Å². The molecule has 0 aliphatic heterocycles. The van der Waals surface area contributed by atoms with Crippen LogP contribution in [-0.4, -0.2) is 16.0 Å². The first-order valence-electron chi connectivity index (χ1n) is 7.72. The molecule has 1 N–H and O–H groups in total. The van der Waals surface area contributed by atoms with E-state index in [0.717, 1.165) is 31.7 Å². The number of alkyl halides is 3. The summed E-state index contributed by atoms with van der Waals surface area (Å²) in [6, 6.07) is 5.82. The minimum absolute atomic E-state index is 0.112. The summed E-state index contributed by atoms with van der Waals surface area (Å²) in [5, 5.41) is 3.31. The van der Waals surface area contributed by atoms with Crippen molar-refractivity contribution in [2.45, 2.75) is 44.8 Å². The third-order valence-electron chi connectivity index (χ3n) is 4.13. The Hall–Kier alpha value is -2.11. The van der Waals surface area contributed by atoms with Crippen molar-refractivity contribution in [1.29, 1.82) is 0 Å². The molecule has 1 aromatic carbocycles. The van der Waals surface area contributed by atoms with Crippen LogP contribution in [0, 0.1) is 6.92 Å². The van der Waals surface area contributed by atoms with Gasteiger partial charge in [0.05, 0.1) is 5.56 Å². The number of nitrogens with zero attached hydrogens (tertiary/aromatic N) is 2. The van der Waals surface area contributed by atoms with Gasteiger partial charge in [0.25, 0.3) is 0 Å². The molecule has 23 heavy (non-hydrogen) atoms. The molecule has 1 fully saturated rings. The van der Waals surface area contributed by atoms with E-state index in [1.165, 1.54) is 18.3 Å². The van der Waals surface area contributed by atoms with Crippen molar-refractivity contribution in [2.24, 2.45) is 0 Å². The molecule has 1 aliphatic carbocycles. The van der Waals surface area contributed by atoms with E-state index in [-0.39, 0.29) is 11.6 Å². The first kappa shape index (κ1) is 15.8. The Bertz CT molecular complexity index is 692. The summed E-state index contributed by atoms with van der Waals surface area (Å²) in [5.41, 5.74) is -0.155. The summed E-state index contributed by atoms with van der Waals surface area (Å²) in [4.78, 5) is 8.44. The monoisotopic (exact) mass is 321 g/mol. The molecule has 1 saturated carbocycles. The molecule has 0 amide bonds. The smallest absolute Gasteiger partial charge is 0.367 e. The number of aromatic nitrogens is 2. The minimum atomic E-state index is -4.41. The van der Waals surface area contributed by atoms with Gasteiger partial charge < -0.3 is 5.32 Å². The van der Waals surface area contributed by atoms with Gasteiger partial charge in [-0.15, -0.1) is 0 Å². The summed E-state index contributed by atoms with van der Waals surface area (Å²) >= 11 is 0. The standard InChI is InChI=1S/C17H18F3N3/c1-11-21-10-14(16(22-11)23-12-6-2-3-7-12)13-8-4-5-9-15(13)17(18,19)20/h4-5,8-10,12H,2-3,6-7H2,1H3,(H,21,22,23). The zero-order valence-corrected chi connectivity index (χ0v) is 12.8. The quantitative estimate of drug-likeness (QED) is 0.880. The van der Waals surface area contributed by atoms with Gasteiger partial charge in [-0.2, -0.15) is 13.2 Å². The van der Waals surface area contributed by atoms with E-state index >= 15 is 0 Å². The number of rotatable bonds is 3. The first-order chi connectivity index (χ1) is 10.9. The lowest BCUT2D eigenvalue weighted by Crippen LogP contribution is -2.17. The molecule has 1 heterocycles. The zero-order chi connectivity index (χ0) is 16.4. The zero-order valence-electron chi connectivity index (χ0n) is 12.8. The molecular formula is C17H18F3N3. The maximum atomic E-state index is 13.3. The SMILES string of the molecule is Cc1ncc(-c2ccccc2C(F)(F)F)c(NC2CCCC2)n1. The summed E-state index contributed by atoms with van der Waals surface area (Å²) in [6.07, 6.45) is 1.37. The van der Waals surface area contributed by atoms with E-state index in [1.54, 1.807) is 13.0 Å². The van der Waals surface area contributed by atoms with Crippen molar-refractivity contribution in [3.63, 3.8) is 0 Å². The second-order valence-corrected chi connectivity index (χ2v) is 5.85. The van der Waals surface area contributed by atoms with Gasteiger partial charge in [-0.25, -0.2) is 9.97 Å². The third-order valence-corrected chi connectivity index (χ3v) is 4.13. The van der Waals surface area contributed by atoms with Crippen LogP contribution in [0.5, 0.6) is 0 Å². The number of halogens is 3. The van der Waals surface area contributed by atoms with Gasteiger partial charge in [0, 0.05) is 17.8 Å². The van der Waals surface area contributed by atoms with Crippen LogP contribution in [0.25, 0.3) is 11.1 Å². The lowest BCUT2D eigenvalue weighted by Gasteiger charge is -2.18. The minimum Gasteiger partial charge on any atom is -0.367 e. The summed E-state index contributed by atoms with van der Waals surface area (Å²) < 4.78 is 39.9. The summed E-state index contributed by atoms with van der Waals surface area (Å²) in [6.45, 7) is 1.74. The fourth-order valence-corrected chi connectivity index (χ4v) is 3.01. The number of benzene rings is 1. The lowest BCUT2D eigenvalue weighted by atomic mass is 10.0. The molecule has 2 aromatic rings. The van der Waals surface area contributed by atoms with E-state index in [2.05, 4.69) is 15.3 Å². The van der Waals surface area contributed by atoms with Gasteiger partial charge in [0.15, 0.2) is 0 Å². The van der Waals surface area contributed by atoms with Crippen LogP contribution in [-0.2, 0) is 6.18 Å². The molecule has 3 nitrogen and oxygen atoms in total. The van der Waals surface area contributed by atoms with Crippen LogP contribution in [0.15, 0.2) is 30.5 Å². The van der Waals surface area contributed by atoms with Crippen molar-refractivity contribution in [3.8, 4) is 11.1 Å². The van der Waals surface area contributed by atoms with Crippen LogP contribution >= 0.6 is 0 Å². The van der Waals surface area contributed by atoms with Gasteiger partial charge in [-0.1, -0.05) is 31.0 Å². The molecule has 1 aliphatic rings. The maximum Gasteiger partial charge on any atom is 0.417 e. The number of aryl methyl sites for hydroxylation is 1. The Labute approximate surface area is 133 Å². The number of hydrogen-bond donors (Lipinski definition) is 1. The Morgan fingerprint density at radius 1 is 1.09 bits per heavy atom. The van der Waals surface area contributed by atoms with E-state index < -0.39 is 11.7 Å². The molecule has 3 rings (SSSR count). The highest BCUT2D eigenvalue weighted by Crippen LogP contribution is 2.39. The average molecular weight is 321 g/mol. The number of nitrogens with one attached hydrogen (secondary N) is 1. The third kappa shape index (κ3) is 3.46. The molecule has 0 saturated heterocycles. The lowest BCUT2D eigenvalue weighted by molar-refractivity contribution is -0.137. The van der Waals surface area contributed by atoms with Gasteiger partial charge in [-0.05, 0) is 31.4 Å². The second kappa shape index (κ2) is 6.18. The first-order valence-corrected chi connectivity index (χ1v) is 7.72. The molecule has 0 bridgehead atoms. The van der Waals surface area contributed by atoms with Crippen molar-refractivity contribution in [3.05, 3.63) is 41.9 Å². The summed E-state index contributed by atoms with van der Waals surface area (Å²) in [5.74, 6) is 1.03. The Morgan fingerprint density at radius 2 is 1.78 bits per heavy atom. The van der Waals surface area contributed by atoms with E-state index in [9.17, 15) is 13.2 Å². The summed E-state index contributed by atoms with van der Waals surface area (Å²) in [7, 11) is 0. The molecule has 0 atom stereocenters. The van der Waals surface area contributed by atoms with Crippen LogP contribution in [0.3, 0.4) is 0 Å². The predicted molar refractivity (Wildman–Crippen MR) is 83.1 cm³/mol. The van der Waals surface area contributed by atoms with Gasteiger partial charge in [0.1, 0.15) is 11.6 Å². The van der Waals surface area contributed by atoms with Crippen molar-refractivity contribution < 1.29 is 13.2 Å². The number of anilines is 1. The molecule has 6 heteroatoms. The predicted octanol–water partition coefficient (Wildman–Crippen LogP) is 4.83. The Balaban J connectivity index is 2.06. The molecule has 0 radical (unpaired) electrons. The van der Waals surface area contributed by atoms with Crippen LogP contribution in [0.4, 0.5) is 19.0 Å². The maximum absolute atomic E-state index is 13.3. The van der Waals surface area contributed by atoms with Crippen LogP contribution < -0.4 is 5.32 Å². The van der Waals surface area contributed by atoms with Crippen molar-refractivity contribution >= 4 is 5.82 Å². The van der Waals surface area contributed by atoms with Gasteiger partial charge in [0.2, 0.25) is 0 Å². The molecular weight excluding hydrogens is 303 g/mol. The highest BCUT2D eigenvalue weighted by atomic mass is 19.4. The molecule has 1 aromatic heterocycles. The van der Waals surface area contributed by atoms with Crippen LogP contribution in [0.2, 0.25) is 0 Å². The largest absolute Gasteiger partial charge is 0.417 e. The Kier molecular flexibility index (Phi) is 4.24. The highest BCUT2D eigenvalue weighted by Gasteiger charge is 2.34. The fourth-order valence-electron chi connectivity index (χ4n) is 3.01. The molecule has 122 valence electrons. The number of hydrogen-bond acceptors (Lipinski definition) is 3. The van der Waals surface area contributed by atoms with Crippen LogP contribution in [0.1, 0.15) is 37.1 Å². The fraction of sp³-hybridized carbons (Fsp3) is 0.412. The normalized spacial score (nSPS) is 15.8. The highest BCUT2D eigenvalue weighted by molar-refractivity contribution is 5.77. The molecule has 0 unspecified atom stereocenters. The van der Waals surface area contributed by atoms with Gasteiger partial charge in [-0.3, -0.25) is 0 Å². The van der Waals surface area contributed by atoms with Crippen molar-refractivity contribution in [1.82, 2.24) is 9.97 Å². The van der Waals surface area contributed by atoms with E-state index in [0.29, 0.717) is 17.2 Å². The topological polar surface area (TPSA) is 37.8 Å². The van der Waals surface area contributed by atoms with E-state index in [4.69, 9.17) is 0 Å². The average Bonchev–Trinajstić information content (AvgIpc) is 3.00. The molecule has 0 spiro atoms. The van der Waals surface area contributed by atoms with Crippen molar-refractivity contribution in [2.75, 3.05) is 5.32 Å². The second-order valence-electron chi connectivity index (χ2n) is 5.85. The van der Waals surface area contributed by atoms with Gasteiger partial charge >= 0.3 is 6.18 Å². The Morgan fingerprint density at radius 3 is 2.48 bits per heavy atom.